The summed E-state index contributed by atoms with van der Waals surface area (Å²) in [5, 5.41) is 11.2. The van der Waals surface area contributed by atoms with E-state index in [1.165, 1.54) is 27.4 Å². The minimum absolute atomic E-state index is 0.720. The molecule has 138 valence electrons. The Morgan fingerprint density at radius 3 is 2.43 bits per heavy atom. The monoisotopic (exact) mass is 430 g/mol. The van der Waals surface area contributed by atoms with Gasteiger partial charge in [0.2, 0.25) is 0 Å². The van der Waals surface area contributed by atoms with Crippen LogP contribution in [0.25, 0.3) is 33.1 Å². The van der Waals surface area contributed by atoms with E-state index in [1.807, 2.05) is 29.1 Å². The van der Waals surface area contributed by atoms with Crippen LogP contribution in [0.5, 0.6) is 0 Å². The van der Waals surface area contributed by atoms with E-state index in [2.05, 4.69) is 86.3 Å². The largest absolute Gasteiger partial charge is 0.341 e. The van der Waals surface area contributed by atoms with Gasteiger partial charge >= 0.3 is 0 Å². The minimum atomic E-state index is 0.720. The number of fused-ring (bicyclic) bond motifs is 3. The maximum atomic E-state index is 4.41. The molecule has 0 bridgehead atoms. The second-order valence-corrected chi connectivity index (χ2v) is 7.84. The van der Waals surface area contributed by atoms with Crippen LogP contribution in [0.2, 0.25) is 0 Å². The summed E-state index contributed by atoms with van der Waals surface area (Å²) in [6.45, 7) is 3.84. The summed E-state index contributed by atoms with van der Waals surface area (Å²) in [7, 11) is 0. The molecule has 0 aliphatic heterocycles. The van der Waals surface area contributed by atoms with Crippen LogP contribution in [-0.2, 0) is 13.1 Å². The fourth-order valence-electron chi connectivity index (χ4n) is 3.85. The van der Waals surface area contributed by atoms with Crippen molar-refractivity contribution in [3.63, 3.8) is 0 Å². The SMILES string of the molecule is CCn1c2ccc(Br)cc2c2cc(-c3cn(Cc4ccccc4)nn3)ccc21. The third kappa shape index (κ3) is 2.92. The van der Waals surface area contributed by atoms with Crippen LogP contribution in [-0.4, -0.2) is 19.6 Å². The Balaban J connectivity index is 1.58. The van der Waals surface area contributed by atoms with Crippen molar-refractivity contribution in [3.05, 3.63) is 83.0 Å². The number of aryl methyl sites for hydroxylation is 1. The summed E-state index contributed by atoms with van der Waals surface area (Å²) >= 11 is 3.61. The molecule has 5 aromatic rings. The molecular formula is C23H19BrN4. The van der Waals surface area contributed by atoms with E-state index in [0.717, 1.165) is 28.8 Å². The van der Waals surface area contributed by atoms with Crippen molar-refractivity contribution in [3.8, 4) is 11.3 Å². The van der Waals surface area contributed by atoms with Crippen molar-refractivity contribution in [1.29, 1.82) is 0 Å². The van der Waals surface area contributed by atoms with Gasteiger partial charge in [0, 0.05) is 38.4 Å². The van der Waals surface area contributed by atoms with Gasteiger partial charge in [-0.2, -0.15) is 0 Å². The van der Waals surface area contributed by atoms with Crippen molar-refractivity contribution in [2.24, 2.45) is 0 Å². The molecule has 0 aliphatic rings. The van der Waals surface area contributed by atoms with E-state index in [9.17, 15) is 0 Å². The smallest absolute Gasteiger partial charge is 0.113 e. The first kappa shape index (κ1) is 17.2. The molecule has 0 saturated heterocycles. The highest BCUT2D eigenvalue weighted by atomic mass is 79.9. The molecule has 0 unspecified atom stereocenters. The highest BCUT2D eigenvalue weighted by molar-refractivity contribution is 9.10. The van der Waals surface area contributed by atoms with Crippen LogP contribution in [0, 0.1) is 0 Å². The van der Waals surface area contributed by atoms with Gasteiger partial charge in [0.1, 0.15) is 5.69 Å². The number of halogens is 1. The lowest BCUT2D eigenvalue weighted by molar-refractivity contribution is 0.650. The molecule has 0 amide bonds. The van der Waals surface area contributed by atoms with Crippen LogP contribution in [0.1, 0.15) is 12.5 Å². The summed E-state index contributed by atoms with van der Waals surface area (Å²) < 4.78 is 5.34. The minimum Gasteiger partial charge on any atom is -0.341 e. The molecule has 0 spiro atoms. The lowest BCUT2D eigenvalue weighted by atomic mass is 10.1. The molecule has 5 rings (SSSR count). The van der Waals surface area contributed by atoms with Crippen molar-refractivity contribution < 1.29 is 0 Å². The molecule has 2 aromatic heterocycles. The molecule has 5 heteroatoms. The second-order valence-electron chi connectivity index (χ2n) is 6.92. The topological polar surface area (TPSA) is 35.6 Å². The zero-order chi connectivity index (χ0) is 19.1. The Morgan fingerprint density at radius 2 is 1.64 bits per heavy atom. The summed E-state index contributed by atoms with van der Waals surface area (Å²) in [4.78, 5) is 0. The maximum absolute atomic E-state index is 4.41. The quantitative estimate of drug-likeness (QED) is 0.356. The highest BCUT2D eigenvalue weighted by Crippen LogP contribution is 2.33. The van der Waals surface area contributed by atoms with Crippen LogP contribution in [0.3, 0.4) is 0 Å². The Kier molecular flexibility index (Phi) is 4.24. The highest BCUT2D eigenvalue weighted by Gasteiger charge is 2.12. The number of rotatable bonds is 4. The molecule has 4 nitrogen and oxygen atoms in total. The van der Waals surface area contributed by atoms with Gasteiger partial charge in [-0.1, -0.05) is 57.5 Å². The summed E-state index contributed by atoms with van der Waals surface area (Å²) in [5.74, 6) is 0. The summed E-state index contributed by atoms with van der Waals surface area (Å²) in [6.07, 6.45) is 2.02. The van der Waals surface area contributed by atoms with Gasteiger partial charge in [-0.05, 0) is 42.8 Å². The molecule has 2 heterocycles. The zero-order valence-electron chi connectivity index (χ0n) is 15.5. The number of nitrogens with zero attached hydrogens (tertiary/aromatic N) is 4. The van der Waals surface area contributed by atoms with Gasteiger partial charge in [0.25, 0.3) is 0 Å². The fraction of sp³-hybridized carbons (Fsp3) is 0.130. The first-order valence-electron chi connectivity index (χ1n) is 9.39. The molecule has 3 aromatic carbocycles. The van der Waals surface area contributed by atoms with E-state index in [1.54, 1.807) is 0 Å². The Labute approximate surface area is 171 Å². The third-order valence-electron chi connectivity index (χ3n) is 5.16. The number of hydrogen-bond donors (Lipinski definition) is 0. The molecule has 0 fully saturated rings. The predicted molar refractivity (Wildman–Crippen MR) is 117 cm³/mol. The van der Waals surface area contributed by atoms with Crippen LogP contribution >= 0.6 is 15.9 Å². The van der Waals surface area contributed by atoms with E-state index in [0.29, 0.717) is 0 Å². The number of aromatic nitrogens is 4. The van der Waals surface area contributed by atoms with Crippen molar-refractivity contribution in [1.82, 2.24) is 19.6 Å². The summed E-state index contributed by atoms with van der Waals surface area (Å²) in [6, 6.07) is 23.4. The van der Waals surface area contributed by atoms with E-state index in [-0.39, 0.29) is 0 Å². The van der Waals surface area contributed by atoms with Crippen molar-refractivity contribution >= 4 is 37.7 Å². The first-order chi connectivity index (χ1) is 13.7. The van der Waals surface area contributed by atoms with Gasteiger partial charge in [-0.25, -0.2) is 4.68 Å². The molecule has 0 saturated carbocycles. The van der Waals surface area contributed by atoms with Gasteiger partial charge in [0.05, 0.1) is 12.7 Å². The van der Waals surface area contributed by atoms with Crippen LogP contribution < -0.4 is 0 Å². The van der Waals surface area contributed by atoms with Crippen molar-refractivity contribution in [2.45, 2.75) is 20.0 Å². The zero-order valence-corrected chi connectivity index (χ0v) is 17.1. The molecule has 0 radical (unpaired) electrons. The van der Waals surface area contributed by atoms with Gasteiger partial charge < -0.3 is 4.57 Å². The van der Waals surface area contributed by atoms with E-state index >= 15 is 0 Å². The Hall–Kier alpha value is -2.92. The molecular weight excluding hydrogens is 412 g/mol. The summed E-state index contributed by atoms with van der Waals surface area (Å²) in [5.41, 5.74) is 5.69. The maximum Gasteiger partial charge on any atom is 0.113 e. The lowest BCUT2D eigenvalue weighted by Crippen LogP contribution is -1.99. The fourth-order valence-corrected chi connectivity index (χ4v) is 4.22. The van der Waals surface area contributed by atoms with Crippen LogP contribution in [0.15, 0.2) is 77.4 Å². The molecule has 0 atom stereocenters. The number of hydrogen-bond acceptors (Lipinski definition) is 2. The third-order valence-corrected chi connectivity index (χ3v) is 5.66. The predicted octanol–water partition coefficient (Wildman–Crippen LogP) is 5.88. The number of benzene rings is 3. The molecule has 0 aliphatic carbocycles. The lowest BCUT2D eigenvalue weighted by Gasteiger charge is -2.03. The van der Waals surface area contributed by atoms with Crippen molar-refractivity contribution in [2.75, 3.05) is 0 Å². The van der Waals surface area contributed by atoms with E-state index in [4.69, 9.17) is 0 Å². The second kappa shape index (κ2) is 6.91. The van der Waals surface area contributed by atoms with Gasteiger partial charge in [0.15, 0.2) is 0 Å². The molecule has 28 heavy (non-hydrogen) atoms. The average Bonchev–Trinajstić information content (AvgIpc) is 3.30. The standard InChI is InChI=1S/C23H19BrN4/c1-2-28-22-10-8-17(12-19(22)20-13-18(24)9-11-23(20)28)21-15-27(26-25-21)14-16-6-4-3-5-7-16/h3-13,15H,2,14H2,1H3. The average molecular weight is 431 g/mol. The molecule has 0 N–H and O–H groups in total. The van der Waals surface area contributed by atoms with Gasteiger partial charge in [-0.15, -0.1) is 5.10 Å². The van der Waals surface area contributed by atoms with Gasteiger partial charge in [-0.3, -0.25) is 0 Å². The van der Waals surface area contributed by atoms with E-state index < -0.39 is 0 Å². The van der Waals surface area contributed by atoms with Crippen LogP contribution in [0.4, 0.5) is 0 Å². The Morgan fingerprint density at radius 1 is 0.893 bits per heavy atom. The first-order valence-corrected chi connectivity index (χ1v) is 10.2. The Bertz CT molecular complexity index is 1280. The normalized spacial score (nSPS) is 11.5.